The summed E-state index contributed by atoms with van der Waals surface area (Å²) >= 11 is 0. The van der Waals surface area contributed by atoms with Crippen LogP contribution in [0.25, 0.3) is 0 Å². The van der Waals surface area contributed by atoms with Gasteiger partial charge in [0.15, 0.2) is 0 Å². The van der Waals surface area contributed by atoms with Crippen LogP contribution in [-0.4, -0.2) is 30.2 Å². The molecule has 0 atom stereocenters. The molecular weight excluding hydrogens is 258 g/mol. The molecule has 0 radical (unpaired) electrons. The van der Waals surface area contributed by atoms with E-state index in [4.69, 9.17) is 5.11 Å². The summed E-state index contributed by atoms with van der Waals surface area (Å²) in [4.78, 5) is 2.37. The normalized spacial score (nSPS) is 14.6. The molecule has 1 N–H and O–H groups in total. The third kappa shape index (κ3) is 2.87. The maximum absolute atomic E-state index is 9.13. The third-order valence-electron chi connectivity index (χ3n) is 4.47. The summed E-state index contributed by atoms with van der Waals surface area (Å²) in [6.45, 7) is 1.16. The van der Waals surface area contributed by atoms with E-state index in [2.05, 4.69) is 60.5 Å². The van der Waals surface area contributed by atoms with Gasteiger partial charge in [0.25, 0.3) is 0 Å². The second kappa shape index (κ2) is 6.42. The van der Waals surface area contributed by atoms with Gasteiger partial charge in [-0.1, -0.05) is 48.5 Å². The van der Waals surface area contributed by atoms with Crippen LogP contribution in [0.4, 0.5) is 0 Å². The van der Waals surface area contributed by atoms with Crippen molar-refractivity contribution in [1.82, 2.24) is 4.90 Å². The van der Waals surface area contributed by atoms with Crippen molar-refractivity contribution in [2.24, 2.45) is 0 Å². The van der Waals surface area contributed by atoms with E-state index >= 15 is 0 Å². The second-order valence-corrected chi connectivity index (χ2v) is 5.86. The molecule has 2 aromatic carbocycles. The highest BCUT2D eigenvalue weighted by Gasteiger charge is 2.25. The predicted octanol–water partition coefficient (Wildman–Crippen LogP) is 3.19. The first-order valence-electron chi connectivity index (χ1n) is 7.78. The fourth-order valence-corrected chi connectivity index (χ4v) is 3.42. The van der Waals surface area contributed by atoms with E-state index < -0.39 is 0 Å². The van der Waals surface area contributed by atoms with Crippen molar-refractivity contribution < 1.29 is 5.11 Å². The Morgan fingerprint density at radius 3 is 2.00 bits per heavy atom. The monoisotopic (exact) mass is 281 g/mol. The molecule has 1 aliphatic carbocycles. The molecule has 0 heterocycles. The molecule has 3 rings (SSSR count). The predicted molar refractivity (Wildman–Crippen MR) is 86.5 cm³/mol. The summed E-state index contributed by atoms with van der Waals surface area (Å²) in [6, 6.07) is 17.9. The SMILES string of the molecule is CN(CCCO)C1c2ccccc2CCc2ccccc21. The van der Waals surface area contributed by atoms with E-state index in [1.165, 1.54) is 22.3 Å². The van der Waals surface area contributed by atoms with Gasteiger partial charge in [0.05, 0.1) is 6.04 Å². The number of aliphatic hydroxyl groups is 1. The first-order chi connectivity index (χ1) is 10.3. The van der Waals surface area contributed by atoms with Crippen molar-refractivity contribution in [2.75, 3.05) is 20.2 Å². The van der Waals surface area contributed by atoms with Crippen molar-refractivity contribution in [1.29, 1.82) is 0 Å². The molecule has 0 unspecified atom stereocenters. The fraction of sp³-hybridized carbons (Fsp3) is 0.368. The van der Waals surface area contributed by atoms with E-state index in [1.54, 1.807) is 0 Å². The molecular formula is C19H23NO. The standard InChI is InChI=1S/C19H23NO/c1-20(13-6-14-21)19-17-9-4-2-7-15(17)11-12-16-8-3-5-10-18(16)19/h2-5,7-10,19,21H,6,11-14H2,1H3. The van der Waals surface area contributed by atoms with Crippen molar-refractivity contribution >= 4 is 0 Å². The second-order valence-electron chi connectivity index (χ2n) is 5.86. The van der Waals surface area contributed by atoms with Gasteiger partial charge < -0.3 is 5.11 Å². The molecule has 2 heteroatoms. The largest absolute Gasteiger partial charge is 0.396 e. The number of aryl methyl sites for hydroxylation is 2. The first kappa shape index (κ1) is 14.3. The smallest absolute Gasteiger partial charge is 0.0604 e. The lowest BCUT2D eigenvalue weighted by atomic mass is 9.93. The molecule has 0 saturated heterocycles. The molecule has 0 aliphatic heterocycles. The zero-order valence-corrected chi connectivity index (χ0v) is 12.6. The summed E-state index contributed by atoms with van der Waals surface area (Å²) in [7, 11) is 2.17. The van der Waals surface area contributed by atoms with Crippen LogP contribution in [0.1, 0.15) is 34.7 Å². The Bertz CT molecular complexity index is 561. The number of hydrogen-bond donors (Lipinski definition) is 1. The maximum atomic E-state index is 9.13. The molecule has 0 spiro atoms. The molecule has 110 valence electrons. The van der Waals surface area contributed by atoms with E-state index in [0.717, 1.165) is 25.8 Å². The van der Waals surface area contributed by atoms with E-state index in [-0.39, 0.29) is 6.61 Å². The van der Waals surface area contributed by atoms with Crippen LogP contribution >= 0.6 is 0 Å². The number of fused-ring (bicyclic) bond motifs is 2. The van der Waals surface area contributed by atoms with Gasteiger partial charge in [-0.25, -0.2) is 0 Å². The average Bonchev–Trinajstić information content (AvgIpc) is 2.69. The molecule has 0 saturated carbocycles. The van der Waals surface area contributed by atoms with Crippen LogP contribution < -0.4 is 0 Å². The van der Waals surface area contributed by atoms with Crippen LogP contribution in [0.15, 0.2) is 48.5 Å². The first-order valence-corrected chi connectivity index (χ1v) is 7.78. The summed E-state index contributed by atoms with van der Waals surface area (Å²) in [5.41, 5.74) is 5.75. The lowest BCUT2D eigenvalue weighted by molar-refractivity contribution is 0.225. The van der Waals surface area contributed by atoms with E-state index in [1.807, 2.05) is 0 Å². The third-order valence-corrected chi connectivity index (χ3v) is 4.47. The highest BCUT2D eigenvalue weighted by molar-refractivity contribution is 5.44. The van der Waals surface area contributed by atoms with Crippen molar-refractivity contribution in [2.45, 2.75) is 25.3 Å². The summed E-state index contributed by atoms with van der Waals surface area (Å²) < 4.78 is 0. The number of nitrogens with zero attached hydrogens (tertiary/aromatic N) is 1. The highest BCUT2D eigenvalue weighted by atomic mass is 16.3. The molecule has 1 aliphatic rings. The minimum absolute atomic E-state index is 0.250. The van der Waals surface area contributed by atoms with Crippen molar-refractivity contribution in [3.05, 3.63) is 70.8 Å². The Morgan fingerprint density at radius 1 is 0.952 bits per heavy atom. The quantitative estimate of drug-likeness (QED) is 0.930. The summed E-state index contributed by atoms with van der Waals surface area (Å²) in [5, 5.41) is 9.13. The molecule has 0 fully saturated rings. The van der Waals surface area contributed by atoms with E-state index in [9.17, 15) is 0 Å². The zero-order chi connectivity index (χ0) is 14.7. The Morgan fingerprint density at radius 2 is 1.48 bits per heavy atom. The van der Waals surface area contributed by atoms with Gasteiger partial charge in [0, 0.05) is 13.2 Å². The van der Waals surface area contributed by atoms with E-state index in [0.29, 0.717) is 6.04 Å². The topological polar surface area (TPSA) is 23.5 Å². The minimum Gasteiger partial charge on any atom is -0.396 e. The Hall–Kier alpha value is -1.64. The van der Waals surface area contributed by atoms with Crippen LogP contribution in [0, 0.1) is 0 Å². The van der Waals surface area contributed by atoms with Gasteiger partial charge in [-0.3, -0.25) is 4.90 Å². The number of benzene rings is 2. The highest BCUT2D eigenvalue weighted by Crippen LogP contribution is 2.35. The number of rotatable bonds is 4. The lowest BCUT2D eigenvalue weighted by Crippen LogP contribution is -2.28. The van der Waals surface area contributed by atoms with Crippen LogP contribution in [0.2, 0.25) is 0 Å². The minimum atomic E-state index is 0.250. The Balaban J connectivity index is 2.06. The number of hydrogen-bond acceptors (Lipinski definition) is 2. The molecule has 2 nitrogen and oxygen atoms in total. The van der Waals surface area contributed by atoms with Gasteiger partial charge in [-0.2, -0.15) is 0 Å². The van der Waals surface area contributed by atoms with Crippen LogP contribution in [0.3, 0.4) is 0 Å². The molecule has 2 aromatic rings. The summed E-state index contributed by atoms with van der Waals surface area (Å²) in [5.74, 6) is 0. The maximum Gasteiger partial charge on any atom is 0.0604 e. The fourth-order valence-electron chi connectivity index (χ4n) is 3.42. The summed E-state index contributed by atoms with van der Waals surface area (Å²) in [6.07, 6.45) is 3.03. The molecule has 0 bridgehead atoms. The zero-order valence-electron chi connectivity index (χ0n) is 12.6. The molecule has 21 heavy (non-hydrogen) atoms. The number of aliphatic hydroxyl groups excluding tert-OH is 1. The average molecular weight is 281 g/mol. The van der Waals surface area contributed by atoms with Gasteiger partial charge in [0.2, 0.25) is 0 Å². The van der Waals surface area contributed by atoms with Gasteiger partial charge in [-0.05, 0) is 48.6 Å². The van der Waals surface area contributed by atoms with Gasteiger partial charge >= 0.3 is 0 Å². The van der Waals surface area contributed by atoms with Gasteiger partial charge in [-0.15, -0.1) is 0 Å². The molecule has 0 amide bonds. The van der Waals surface area contributed by atoms with Crippen LogP contribution in [-0.2, 0) is 12.8 Å². The van der Waals surface area contributed by atoms with Gasteiger partial charge in [0.1, 0.15) is 0 Å². The van der Waals surface area contributed by atoms with Crippen molar-refractivity contribution in [3.8, 4) is 0 Å². The van der Waals surface area contributed by atoms with Crippen LogP contribution in [0.5, 0.6) is 0 Å². The Kier molecular flexibility index (Phi) is 4.37. The lowest BCUT2D eigenvalue weighted by Gasteiger charge is -2.30. The Labute approximate surface area is 127 Å². The molecule has 0 aromatic heterocycles. The van der Waals surface area contributed by atoms with Crippen molar-refractivity contribution in [3.63, 3.8) is 0 Å².